The second-order valence-corrected chi connectivity index (χ2v) is 7.56. The molecule has 4 rings (SSSR count). The van der Waals surface area contributed by atoms with E-state index < -0.39 is 0 Å². The van der Waals surface area contributed by atoms with Gasteiger partial charge in [-0.25, -0.2) is 9.37 Å². The molecule has 1 aromatic carbocycles. The maximum absolute atomic E-state index is 13.3. The summed E-state index contributed by atoms with van der Waals surface area (Å²) < 4.78 is 13.3. The number of anilines is 1. The van der Waals surface area contributed by atoms with Crippen LogP contribution in [0.25, 0.3) is 11.1 Å². The second kappa shape index (κ2) is 8.03. The number of pyridine rings is 1. The first-order chi connectivity index (χ1) is 14.0. The molecule has 7 heteroatoms. The van der Waals surface area contributed by atoms with Crippen molar-refractivity contribution in [2.75, 3.05) is 32.1 Å². The van der Waals surface area contributed by atoms with Crippen molar-refractivity contribution in [1.82, 2.24) is 20.1 Å². The quantitative estimate of drug-likeness (QED) is 0.734. The van der Waals surface area contributed by atoms with Gasteiger partial charge in [0.25, 0.3) is 5.91 Å². The van der Waals surface area contributed by atoms with Crippen LogP contribution in [-0.2, 0) is 0 Å². The highest BCUT2D eigenvalue weighted by atomic mass is 19.1. The molecule has 6 nitrogen and oxygen atoms in total. The maximum atomic E-state index is 13.3. The smallest absolute Gasteiger partial charge is 0.257 e. The summed E-state index contributed by atoms with van der Waals surface area (Å²) in [6, 6.07) is 10.1. The monoisotopic (exact) mass is 393 g/mol. The average Bonchev–Trinajstić information content (AvgIpc) is 3.24. The zero-order chi connectivity index (χ0) is 20.4. The minimum Gasteiger partial charge on any atom is -0.355 e. The molecular weight excluding hydrogens is 369 g/mol. The maximum Gasteiger partial charge on any atom is 0.257 e. The van der Waals surface area contributed by atoms with E-state index in [9.17, 15) is 9.18 Å². The molecule has 1 unspecified atom stereocenters. The number of hydrogen-bond donors (Lipinski definition) is 1. The predicted octanol–water partition coefficient (Wildman–Crippen LogP) is 3.70. The van der Waals surface area contributed by atoms with E-state index in [1.807, 2.05) is 6.07 Å². The first kappa shape index (κ1) is 19.1. The highest BCUT2D eigenvalue weighted by Crippen LogP contribution is 2.35. The molecule has 1 N–H and O–H groups in total. The number of aromatic nitrogens is 3. The number of H-pyrrole nitrogens is 1. The van der Waals surface area contributed by atoms with Gasteiger partial charge in [0.1, 0.15) is 11.6 Å². The van der Waals surface area contributed by atoms with E-state index in [2.05, 4.69) is 20.1 Å². The summed E-state index contributed by atoms with van der Waals surface area (Å²) in [5, 5.41) is 7.40. The molecule has 1 aliphatic rings. The van der Waals surface area contributed by atoms with Crippen molar-refractivity contribution >= 4 is 11.7 Å². The van der Waals surface area contributed by atoms with Crippen LogP contribution in [0.5, 0.6) is 0 Å². The van der Waals surface area contributed by atoms with E-state index >= 15 is 0 Å². The van der Waals surface area contributed by atoms with Gasteiger partial charge in [0.05, 0.1) is 11.8 Å². The molecule has 1 saturated heterocycles. The van der Waals surface area contributed by atoms with Crippen LogP contribution in [0.2, 0.25) is 0 Å². The van der Waals surface area contributed by atoms with E-state index in [0.29, 0.717) is 5.56 Å². The van der Waals surface area contributed by atoms with Gasteiger partial charge in [0.15, 0.2) is 0 Å². The lowest BCUT2D eigenvalue weighted by Crippen LogP contribution is -2.37. The van der Waals surface area contributed by atoms with Crippen LogP contribution < -0.4 is 4.90 Å². The van der Waals surface area contributed by atoms with Gasteiger partial charge in [-0.15, -0.1) is 0 Å². The van der Waals surface area contributed by atoms with Gasteiger partial charge in [-0.05, 0) is 42.7 Å². The third-order valence-corrected chi connectivity index (χ3v) is 5.38. The van der Waals surface area contributed by atoms with Crippen molar-refractivity contribution in [1.29, 1.82) is 0 Å². The van der Waals surface area contributed by atoms with Crippen molar-refractivity contribution < 1.29 is 9.18 Å². The van der Waals surface area contributed by atoms with Gasteiger partial charge in [-0.3, -0.25) is 9.89 Å². The van der Waals surface area contributed by atoms with E-state index in [0.717, 1.165) is 48.6 Å². The molecule has 0 bridgehead atoms. The fourth-order valence-electron chi connectivity index (χ4n) is 3.93. The first-order valence-electron chi connectivity index (χ1n) is 9.75. The molecule has 1 aliphatic heterocycles. The number of nitrogens with one attached hydrogen (secondary N) is 1. The summed E-state index contributed by atoms with van der Waals surface area (Å²) in [5.41, 5.74) is 3.58. The van der Waals surface area contributed by atoms with Crippen LogP contribution in [0.15, 0.2) is 48.8 Å². The Kier molecular flexibility index (Phi) is 5.29. The largest absolute Gasteiger partial charge is 0.355 e. The van der Waals surface area contributed by atoms with Gasteiger partial charge in [0, 0.05) is 50.6 Å². The molecule has 1 fully saturated rings. The number of halogens is 1. The number of hydrogen-bond acceptors (Lipinski definition) is 4. The van der Waals surface area contributed by atoms with Crippen LogP contribution in [0.3, 0.4) is 0 Å². The standard InChI is InChI=1S/C22H24FN5O/c1-27(2)22(29)18-6-3-11-24-21(18)28-12-4-5-16(14-28)20-19(13-25-26-20)15-7-9-17(23)10-8-15/h3,6-11,13,16H,4-5,12,14H2,1-2H3,(H,25,26). The Bertz CT molecular complexity index is 998. The van der Waals surface area contributed by atoms with Crippen molar-refractivity contribution in [2.45, 2.75) is 18.8 Å². The molecule has 1 atom stereocenters. The van der Waals surface area contributed by atoms with Gasteiger partial charge in [-0.2, -0.15) is 5.10 Å². The first-order valence-corrected chi connectivity index (χ1v) is 9.75. The van der Waals surface area contributed by atoms with E-state index in [4.69, 9.17) is 0 Å². The van der Waals surface area contributed by atoms with E-state index in [1.165, 1.54) is 12.1 Å². The zero-order valence-electron chi connectivity index (χ0n) is 16.6. The number of nitrogens with zero attached hydrogens (tertiary/aromatic N) is 4. The Balaban J connectivity index is 1.62. The summed E-state index contributed by atoms with van der Waals surface area (Å²) in [6.45, 7) is 1.59. The second-order valence-electron chi connectivity index (χ2n) is 7.56. The molecular formula is C22H24FN5O. The highest BCUT2D eigenvalue weighted by Gasteiger charge is 2.28. The minimum absolute atomic E-state index is 0.0521. The molecule has 3 aromatic rings. The van der Waals surface area contributed by atoms with E-state index in [-0.39, 0.29) is 17.6 Å². The van der Waals surface area contributed by atoms with Crippen LogP contribution >= 0.6 is 0 Å². The summed E-state index contributed by atoms with van der Waals surface area (Å²) >= 11 is 0. The zero-order valence-corrected chi connectivity index (χ0v) is 16.6. The predicted molar refractivity (Wildman–Crippen MR) is 110 cm³/mol. The van der Waals surface area contributed by atoms with Crippen molar-refractivity contribution in [2.24, 2.45) is 0 Å². The molecule has 0 radical (unpaired) electrons. The third-order valence-electron chi connectivity index (χ3n) is 5.38. The molecule has 1 amide bonds. The molecule has 3 heterocycles. The molecule has 0 aliphatic carbocycles. The summed E-state index contributed by atoms with van der Waals surface area (Å²) in [7, 11) is 3.50. The van der Waals surface area contributed by atoms with Crippen molar-refractivity contribution in [3.05, 3.63) is 65.9 Å². The van der Waals surface area contributed by atoms with Crippen LogP contribution in [0, 0.1) is 5.82 Å². The Hall–Kier alpha value is -3.22. The topological polar surface area (TPSA) is 65.1 Å². The van der Waals surface area contributed by atoms with Crippen molar-refractivity contribution in [3.63, 3.8) is 0 Å². The Morgan fingerprint density at radius 2 is 2.03 bits per heavy atom. The summed E-state index contributed by atoms with van der Waals surface area (Å²) in [6.07, 6.45) is 5.52. The number of piperidine rings is 1. The lowest BCUT2D eigenvalue weighted by Gasteiger charge is -2.34. The van der Waals surface area contributed by atoms with Gasteiger partial charge in [0.2, 0.25) is 0 Å². The number of aromatic amines is 1. The number of carbonyl (C=O) groups excluding carboxylic acids is 1. The minimum atomic E-state index is -0.254. The fourth-order valence-corrected chi connectivity index (χ4v) is 3.93. The summed E-state index contributed by atoms with van der Waals surface area (Å²) in [5.74, 6) is 0.633. The van der Waals surface area contributed by atoms with Gasteiger partial charge >= 0.3 is 0 Å². The number of benzene rings is 1. The molecule has 150 valence electrons. The average molecular weight is 393 g/mol. The Labute approximate surface area is 169 Å². The van der Waals surface area contributed by atoms with Gasteiger partial charge < -0.3 is 9.80 Å². The fraction of sp³-hybridized carbons (Fsp3) is 0.318. The Morgan fingerprint density at radius 3 is 2.79 bits per heavy atom. The van der Waals surface area contributed by atoms with Crippen LogP contribution in [0.1, 0.15) is 34.8 Å². The lowest BCUT2D eigenvalue weighted by atomic mass is 9.90. The van der Waals surface area contributed by atoms with Crippen molar-refractivity contribution in [3.8, 4) is 11.1 Å². The normalized spacial score (nSPS) is 16.7. The summed E-state index contributed by atoms with van der Waals surface area (Å²) in [4.78, 5) is 20.9. The number of carbonyl (C=O) groups is 1. The molecule has 2 aromatic heterocycles. The Morgan fingerprint density at radius 1 is 1.24 bits per heavy atom. The van der Waals surface area contributed by atoms with E-state index in [1.54, 1.807) is 49.6 Å². The molecule has 29 heavy (non-hydrogen) atoms. The molecule has 0 spiro atoms. The number of rotatable bonds is 4. The molecule has 0 saturated carbocycles. The third kappa shape index (κ3) is 3.85. The SMILES string of the molecule is CN(C)C(=O)c1cccnc1N1CCCC(c2[nH]ncc2-c2ccc(F)cc2)C1. The van der Waals surface area contributed by atoms with Crippen LogP contribution in [0.4, 0.5) is 10.2 Å². The highest BCUT2D eigenvalue weighted by molar-refractivity contribution is 5.98. The number of amides is 1. The van der Waals surface area contributed by atoms with Crippen LogP contribution in [-0.4, -0.2) is 53.2 Å². The van der Waals surface area contributed by atoms with Gasteiger partial charge in [-0.1, -0.05) is 12.1 Å². The lowest BCUT2D eigenvalue weighted by molar-refractivity contribution is 0.0827.